The number of halogens is 2. The van der Waals surface area contributed by atoms with Crippen molar-refractivity contribution < 1.29 is 4.79 Å². The smallest absolute Gasteiger partial charge is 0.180 e. The lowest BCUT2D eigenvalue weighted by Crippen LogP contribution is -2.15. The van der Waals surface area contributed by atoms with Crippen molar-refractivity contribution in [1.29, 1.82) is 5.26 Å². The Bertz CT molecular complexity index is 465. The Kier molecular flexibility index (Phi) is 5.17. The van der Waals surface area contributed by atoms with E-state index in [4.69, 9.17) is 16.9 Å². The molecule has 0 bridgehead atoms. The van der Waals surface area contributed by atoms with Gasteiger partial charge in [0.15, 0.2) is 5.78 Å². The summed E-state index contributed by atoms with van der Waals surface area (Å²) in [6.07, 6.45) is 0.579. The van der Waals surface area contributed by atoms with Gasteiger partial charge in [-0.2, -0.15) is 5.26 Å². The van der Waals surface area contributed by atoms with Crippen LogP contribution in [0, 0.1) is 23.2 Å². The highest BCUT2D eigenvalue weighted by Gasteiger charge is 2.21. The SMILES string of the molecule is CC(C)CC(C#N)C(=O)c1ccc(Cl)c(Br)c1. The van der Waals surface area contributed by atoms with Gasteiger partial charge >= 0.3 is 0 Å². The van der Waals surface area contributed by atoms with Crippen LogP contribution in [0.2, 0.25) is 5.02 Å². The molecule has 0 aliphatic carbocycles. The Balaban J connectivity index is 2.95. The molecule has 0 saturated heterocycles. The standard InChI is InChI=1S/C13H13BrClNO/c1-8(2)5-10(7-16)13(17)9-3-4-12(15)11(14)6-9/h3-4,6,8,10H,5H2,1-2H3. The van der Waals surface area contributed by atoms with E-state index in [0.29, 0.717) is 27.4 Å². The Labute approximate surface area is 115 Å². The first kappa shape index (κ1) is 14.2. The summed E-state index contributed by atoms with van der Waals surface area (Å²) in [7, 11) is 0. The molecule has 90 valence electrons. The van der Waals surface area contributed by atoms with E-state index in [0.717, 1.165) is 0 Å². The van der Waals surface area contributed by atoms with Gasteiger partial charge < -0.3 is 0 Å². The molecule has 0 N–H and O–H groups in total. The summed E-state index contributed by atoms with van der Waals surface area (Å²) in [6, 6.07) is 7.04. The zero-order valence-corrected chi connectivity index (χ0v) is 12.0. The molecule has 1 unspecified atom stereocenters. The lowest BCUT2D eigenvalue weighted by molar-refractivity contribution is 0.0937. The second-order valence-corrected chi connectivity index (χ2v) is 5.57. The predicted octanol–water partition coefficient (Wildman–Crippen LogP) is 4.47. The number of Topliss-reactive ketones (excluding diaryl/α,β-unsaturated/α-hetero) is 1. The molecular formula is C13H13BrClNO. The molecule has 0 radical (unpaired) electrons. The van der Waals surface area contributed by atoms with Crippen molar-refractivity contribution >= 4 is 33.3 Å². The molecule has 0 aromatic heterocycles. The fourth-order valence-corrected chi connectivity index (χ4v) is 2.04. The van der Waals surface area contributed by atoms with Crippen LogP contribution in [0.4, 0.5) is 0 Å². The molecule has 0 heterocycles. The van der Waals surface area contributed by atoms with Crippen LogP contribution in [-0.2, 0) is 0 Å². The number of nitrogens with zero attached hydrogens (tertiary/aromatic N) is 1. The summed E-state index contributed by atoms with van der Waals surface area (Å²) in [5.41, 5.74) is 0.522. The van der Waals surface area contributed by atoms with Gasteiger partial charge in [0, 0.05) is 10.0 Å². The maximum absolute atomic E-state index is 12.1. The molecule has 4 heteroatoms. The van der Waals surface area contributed by atoms with Gasteiger partial charge in [0.05, 0.1) is 11.1 Å². The van der Waals surface area contributed by atoms with Crippen molar-refractivity contribution in [3.8, 4) is 6.07 Å². The first-order valence-electron chi connectivity index (χ1n) is 5.34. The third-order valence-corrected chi connectivity index (χ3v) is 3.60. The Morgan fingerprint density at radius 2 is 2.18 bits per heavy atom. The van der Waals surface area contributed by atoms with Crippen LogP contribution in [0.25, 0.3) is 0 Å². The first-order chi connectivity index (χ1) is 7.95. The number of hydrogen-bond acceptors (Lipinski definition) is 2. The Morgan fingerprint density at radius 1 is 1.53 bits per heavy atom. The number of benzene rings is 1. The fraction of sp³-hybridized carbons (Fsp3) is 0.385. The van der Waals surface area contributed by atoms with Crippen LogP contribution in [0.1, 0.15) is 30.6 Å². The van der Waals surface area contributed by atoms with Crippen molar-refractivity contribution in [1.82, 2.24) is 0 Å². The second kappa shape index (κ2) is 6.18. The average Bonchev–Trinajstić information content (AvgIpc) is 2.28. The van der Waals surface area contributed by atoms with E-state index in [9.17, 15) is 4.79 Å². The molecular weight excluding hydrogens is 302 g/mol. The molecule has 0 fully saturated rings. The maximum Gasteiger partial charge on any atom is 0.180 e. The molecule has 1 atom stereocenters. The third-order valence-electron chi connectivity index (χ3n) is 2.38. The normalized spacial score (nSPS) is 12.2. The molecule has 1 aromatic carbocycles. The molecule has 0 aliphatic rings. The lowest BCUT2D eigenvalue weighted by Gasteiger charge is -2.11. The highest BCUT2D eigenvalue weighted by molar-refractivity contribution is 9.10. The Hall–Kier alpha value is -0.850. The number of carbonyl (C=O) groups excluding carboxylic acids is 1. The van der Waals surface area contributed by atoms with E-state index >= 15 is 0 Å². The molecule has 0 amide bonds. The monoisotopic (exact) mass is 313 g/mol. The predicted molar refractivity (Wildman–Crippen MR) is 72.0 cm³/mol. The number of hydrogen-bond donors (Lipinski definition) is 0. The van der Waals surface area contributed by atoms with E-state index in [-0.39, 0.29) is 5.78 Å². The molecule has 0 spiro atoms. The minimum absolute atomic E-state index is 0.140. The lowest BCUT2D eigenvalue weighted by atomic mass is 9.91. The second-order valence-electron chi connectivity index (χ2n) is 4.30. The number of carbonyl (C=O) groups is 1. The summed E-state index contributed by atoms with van der Waals surface area (Å²) in [6.45, 7) is 3.99. The molecule has 0 saturated carbocycles. The van der Waals surface area contributed by atoms with Gasteiger partial charge in [0.1, 0.15) is 5.92 Å². The molecule has 17 heavy (non-hydrogen) atoms. The van der Waals surface area contributed by atoms with Gasteiger partial charge in [-0.3, -0.25) is 4.79 Å². The minimum atomic E-state index is -0.580. The van der Waals surface area contributed by atoms with E-state index < -0.39 is 5.92 Å². The number of ketones is 1. The van der Waals surface area contributed by atoms with Gasteiger partial charge in [0.25, 0.3) is 0 Å². The summed E-state index contributed by atoms with van der Waals surface area (Å²) in [5.74, 6) is -0.402. The largest absolute Gasteiger partial charge is 0.293 e. The maximum atomic E-state index is 12.1. The first-order valence-corrected chi connectivity index (χ1v) is 6.51. The van der Waals surface area contributed by atoms with E-state index in [1.807, 2.05) is 13.8 Å². The van der Waals surface area contributed by atoms with Gasteiger partial charge in [-0.1, -0.05) is 25.4 Å². The molecule has 2 nitrogen and oxygen atoms in total. The average molecular weight is 315 g/mol. The van der Waals surface area contributed by atoms with Gasteiger partial charge in [-0.25, -0.2) is 0 Å². The van der Waals surface area contributed by atoms with E-state index in [1.165, 1.54) is 0 Å². The molecule has 0 aliphatic heterocycles. The van der Waals surface area contributed by atoms with E-state index in [1.54, 1.807) is 18.2 Å². The quantitative estimate of drug-likeness (QED) is 0.769. The van der Waals surface area contributed by atoms with Crippen LogP contribution in [-0.4, -0.2) is 5.78 Å². The highest BCUT2D eigenvalue weighted by atomic mass is 79.9. The molecule has 1 rings (SSSR count). The van der Waals surface area contributed by atoms with Crippen LogP contribution in [0.5, 0.6) is 0 Å². The summed E-state index contributed by atoms with van der Waals surface area (Å²) in [5, 5.41) is 9.58. The van der Waals surface area contributed by atoms with Crippen molar-refractivity contribution in [2.45, 2.75) is 20.3 Å². The summed E-state index contributed by atoms with van der Waals surface area (Å²) < 4.78 is 0.672. The number of nitriles is 1. The van der Waals surface area contributed by atoms with Crippen LogP contribution in [0.15, 0.2) is 22.7 Å². The minimum Gasteiger partial charge on any atom is -0.293 e. The fourth-order valence-electron chi connectivity index (χ4n) is 1.54. The van der Waals surface area contributed by atoms with Crippen LogP contribution in [0.3, 0.4) is 0 Å². The zero-order valence-electron chi connectivity index (χ0n) is 9.71. The van der Waals surface area contributed by atoms with Crippen LogP contribution < -0.4 is 0 Å². The third kappa shape index (κ3) is 3.83. The highest BCUT2D eigenvalue weighted by Crippen LogP contribution is 2.25. The van der Waals surface area contributed by atoms with Gasteiger partial charge in [0.2, 0.25) is 0 Å². The Morgan fingerprint density at radius 3 is 2.65 bits per heavy atom. The summed E-state index contributed by atoms with van der Waals surface area (Å²) >= 11 is 9.13. The topological polar surface area (TPSA) is 40.9 Å². The van der Waals surface area contributed by atoms with Crippen molar-refractivity contribution in [2.75, 3.05) is 0 Å². The summed E-state index contributed by atoms with van der Waals surface area (Å²) in [4.78, 5) is 12.1. The van der Waals surface area contributed by atoms with Gasteiger partial charge in [-0.15, -0.1) is 0 Å². The van der Waals surface area contributed by atoms with E-state index in [2.05, 4.69) is 22.0 Å². The van der Waals surface area contributed by atoms with Crippen molar-refractivity contribution in [2.24, 2.45) is 11.8 Å². The van der Waals surface area contributed by atoms with Crippen LogP contribution >= 0.6 is 27.5 Å². The molecule has 1 aromatic rings. The zero-order chi connectivity index (χ0) is 13.0. The van der Waals surface area contributed by atoms with Gasteiger partial charge in [-0.05, 0) is 46.5 Å². The van der Waals surface area contributed by atoms with Crippen molar-refractivity contribution in [3.63, 3.8) is 0 Å². The van der Waals surface area contributed by atoms with Crippen molar-refractivity contribution in [3.05, 3.63) is 33.3 Å². The number of rotatable bonds is 4.